The van der Waals surface area contributed by atoms with Gasteiger partial charge in [-0.05, 0) is 29.8 Å². The number of para-hydroxylation sites is 1. The summed E-state index contributed by atoms with van der Waals surface area (Å²) in [6.07, 6.45) is -0.733. The number of fused-ring (bicyclic) bond motifs is 1. The second kappa shape index (κ2) is 5.26. The highest BCUT2D eigenvalue weighted by atomic mass is 32.1. The summed E-state index contributed by atoms with van der Waals surface area (Å²) in [4.78, 5) is 4.39. The fraction of sp³-hybridized carbons (Fsp3) is 0.133. The molecule has 2 aromatic carbocycles. The Labute approximate surface area is 118 Å². The SMILES string of the molecule is OC(Cc1nc2ccccc2s1)c1cc(F)cc(F)c1. The van der Waals surface area contributed by atoms with E-state index in [2.05, 4.69) is 4.98 Å². The molecule has 3 rings (SSSR count). The van der Waals surface area contributed by atoms with Crippen molar-refractivity contribution in [1.82, 2.24) is 4.98 Å². The van der Waals surface area contributed by atoms with E-state index in [9.17, 15) is 13.9 Å². The summed E-state index contributed by atoms with van der Waals surface area (Å²) >= 11 is 1.47. The lowest BCUT2D eigenvalue weighted by Gasteiger charge is -2.09. The summed E-state index contributed by atoms with van der Waals surface area (Å²) in [5, 5.41) is 10.8. The molecule has 0 saturated heterocycles. The van der Waals surface area contributed by atoms with Crippen molar-refractivity contribution in [1.29, 1.82) is 0 Å². The zero-order valence-electron chi connectivity index (χ0n) is 10.4. The van der Waals surface area contributed by atoms with Crippen LogP contribution in [0.1, 0.15) is 16.7 Å². The first-order valence-corrected chi connectivity index (χ1v) is 6.92. The van der Waals surface area contributed by atoms with Gasteiger partial charge in [0, 0.05) is 12.5 Å². The Morgan fingerprint density at radius 2 is 1.80 bits per heavy atom. The van der Waals surface area contributed by atoms with Gasteiger partial charge in [-0.3, -0.25) is 0 Å². The molecule has 0 fully saturated rings. The third-order valence-electron chi connectivity index (χ3n) is 2.98. The van der Waals surface area contributed by atoms with E-state index in [-0.39, 0.29) is 12.0 Å². The number of aromatic nitrogens is 1. The van der Waals surface area contributed by atoms with Crippen molar-refractivity contribution in [2.75, 3.05) is 0 Å². The van der Waals surface area contributed by atoms with Gasteiger partial charge in [0.05, 0.1) is 21.3 Å². The van der Waals surface area contributed by atoms with Crippen molar-refractivity contribution in [3.8, 4) is 0 Å². The summed E-state index contributed by atoms with van der Waals surface area (Å²) in [5.74, 6) is -1.38. The van der Waals surface area contributed by atoms with Crippen molar-refractivity contribution in [2.45, 2.75) is 12.5 Å². The van der Waals surface area contributed by atoms with Crippen molar-refractivity contribution in [2.24, 2.45) is 0 Å². The Morgan fingerprint density at radius 1 is 1.10 bits per heavy atom. The smallest absolute Gasteiger partial charge is 0.126 e. The molecule has 5 heteroatoms. The standard InChI is InChI=1S/C15H11F2NOS/c16-10-5-9(6-11(17)7-10)13(19)8-15-18-12-3-1-2-4-14(12)20-15/h1-7,13,19H,8H2. The van der Waals surface area contributed by atoms with Crippen molar-refractivity contribution in [3.05, 3.63) is 64.7 Å². The number of halogens is 2. The number of aliphatic hydroxyl groups is 1. The molecule has 0 bridgehead atoms. The second-order valence-corrected chi connectivity index (χ2v) is 5.61. The predicted octanol–water partition coefficient (Wildman–Crippen LogP) is 3.85. The maximum Gasteiger partial charge on any atom is 0.126 e. The minimum Gasteiger partial charge on any atom is -0.388 e. The van der Waals surface area contributed by atoms with Crippen LogP contribution in [0.25, 0.3) is 10.2 Å². The van der Waals surface area contributed by atoms with E-state index < -0.39 is 17.7 Å². The number of benzene rings is 2. The second-order valence-electron chi connectivity index (χ2n) is 4.50. The zero-order chi connectivity index (χ0) is 14.1. The molecule has 0 aliphatic heterocycles. The average molecular weight is 291 g/mol. The first kappa shape index (κ1) is 13.1. The van der Waals surface area contributed by atoms with Crippen LogP contribution in [0.3, 0.4) is 0 Å². The normalized spacial score (nSPS) is 12.8. The fourth-order valence-corrected chi connectivity index (χ4v) is 3.06. The Kier molecular flexibility index (Phi) is 3.46. The molecule has 1 aromatic heterocycles. The van der Waals surface area contributed by atoms with E-state index in [0.29, 0.717) is 0 Å². The lowest BCUT2D eigenvalue weighted by molar-refractivity contribution is 0.177. The molecule has 0 radical (unpaired) electrons. The summed E-state index contributed by atoms with van der Waals surface area (Å²) in [7, 11) is 0. The van der Waals surface area contributed by atoms with Gasteiger partial charge in [0.15, 0.2) is 0 Å². The largest absolute Gasteiger partial charge is 0.388 e. The molecule has 0 aliphatic carbocycles. The molecular weight excluding hydrogens is 280 g/mol. The highest BCUT2D eigenvalue weighted by Gasteiger charge is 2.14. The number of thiazole rings is 1. The van der Waals surface area contributed by atoms with Gasteiger partial charge in [-0.1, -0.05) is 12.1 Å². The maximum atomic E-state index is 13.1. The van der Waals surface area contributed by atoms with Gasteiger partial charge in [-0.25, -0.2) is 13.8 Å². The molecule has 2 nitrogen and oxygen atoms in total. The van der Waals surface area contributed by atoms with Crippen LogP contribution in [0.4, 0.5) is 8.78 Å². The van der Waals surface area contributed by atoms with Crippen LogP contribution in [0, 0.1) is 11.6 Å². The highest BCUT2D eigenvalue weighted by molar-refractivity contribution is 7.18. The van der Waals surface area contributed by atoms with Gasteiger partial charge < -0.3 is 5.11 Å². The summed E-state index contributed by atoms with van der Waals surface area (Å²) in [5.41, 5.74) is 1.09. The van der Waals surface area contributed by atoms with Crippen LogP contribution in [-0.4, -0.2) is 10.1 Å². The average Bonchev–Trinajstić information content (AvgIpc) is 2.79. The number of aliphatic hydroxyl groups excluding tert-OH is 1. The van der Waals surface area contributed by atoms with Crippen LogP contribution in [0.5, 0.6) is 0 Å². The third kappa shape index (κ3) is 2.69. The lowest BCUT2D eigenvalue weighted by atomic mass is 10.1. The van der Waals surface area contributed by atoms with Gasteiger partial charge in [0.25, 0.3) is 0 Å². The van der Waals surface area contributed by atoms with Crippen LogP contribution >= 0.6 is 11.3 Å². The Bertz CT molecular complexity index is 703. The molecule has 102 valence electrons. The van der Waals surface area contributed by atoms with E-state index in [0.717, 1.165) is 33.4 Å². The molecule has 1 atom stereocenters. The fourth-order valence-electron chi connectivity index (χ4n) is 2.06. The number of rotatable bonds is 3. The first-order valence-electron chi connectivity index (χ1n) is 6.10. The predicted molar refractivity (Wildman–Crippen MR) is 74.6 cm³/mol. The van der Waals surface area contributed by atoms with Crippen LogP contribution in [-0.2, 0) is 6.42 Å². The number of hydrogen-bond acceptors (Lipinski definition) is 3. The van der Waals surface area contributed by atoms with E-state index in [1.54, 1.807) is 0 Å². The van der Waals surface area contributed by atoms with Crippen LogP contribution in [0.2, 0.25) is 0 Å². The molecule has 0 amide bonds. The Morgan fingerprint density at radius 3 is 2.50 bits per heavy atom. The van der Waals surface area contributed by atoms with E-state index in [1.165, 1.54) is 11.3 Å². The molecule has 0 saturated carbocycles. The highest BCUT2D eigenvalue weighted by Crippen LogP contribution is 2.26. The minimum atomic E-state index is -0.972. The summed E-state index contributed by atoms with van der Waals surface area (Å²) in [6.45, 7) is 0. The van der Waals surface area contributed by atoms with Gasteiger partial charge in [-0.2, -0.15) is 0 Å². The van der Waals surface area contributed by atoms with E-state index in [1.807, 2.05) is 24.3 Å². The molecule has 1 unspecified atom stereocenters. The molecule has 3 aromatic rings. The van der Waals surface area contributed by atoms with Gasteiger partial charge >= 0.3 is 0 Å². The van der Waals surface area contributed by atoms with Crippen LogP contribution < -0.4 is 0 Å². The molecule has 0 spiro atoms. The summed E-state index contributed by atoms with van der Waals surface area (Å²) < 4.78 is 27.3. The van der Waals surface area contributed by atoms with Crippen LogP contribution in [0.15, 0.2) is 42.5 Å². The molecular formula is C15H11F2NOS. The zero-order valence-corrected chi connectivity index (χ0v) is 11.2. The molecule has 20 heavy (non-hydrogen) atoms. The lowest BCUT2D eigenvalue weighted by Crippen LogP contribution is -2.02. The molecule has 1 heterocycles. The minimum absolute atomic E-state index is 0.224. The monoisotopic (exact) mass is 291 g/mol. The van der Waals surface area contributed by atoms with Gasteiger partial charge in [0.2, 0.25) is 0 Å². The number of hydrogen-bond donors (Lipinski definition) is 1. The molecule has 1 N–H and O–H groups in total. The Balaban J connectivity index is 1.86. The Hall–Kier alpha value is -1.85. The first-order chi connectivity index (χ1) is 9.61. The van der Waals surface area contributed by atoms with Gasteiger partial charge in [0.1, 0.15) is 11.6 Å². The van der Waals surface area contributed by atoms with Crippen molar-refractivity contribution in [3.63, 3.8) is 0 Å². The molecule has 0 aliphatic rings. The summed E-state index contributed by atoms with van der Waals surface area (Å²) in [6, 6.07) is 10.7. The third-order valence-corrected chi connectivity index (χ3v) is 4.03. The van der Waals surface area contributed by atoms with E-state index >= 15 is 0 Å². The number of nitrogens with zero attached hydrogens (tertiary/aromatic N) is 1. The maximum absolute atomic E-state index is 13.1. The van der Waals surface area contributed by atoms with E-state index in [4.69, 9.17) is 0 Å². The topological polar surface area (TPSA) is 33.1 Å². The quantitative estimate of drug-likeness (QED) is 0.795. The van der Waals surface area contributed by atoms with Gasteiger partial charge in [-0.15, -0.1) is 11.3 Å². The van der Waals surface area contributed by atoms with Crippen molar-refractivity contribution < 1.29 is 13.9 Å². The van der Waals surface area contributed by atoms with Crippen molar-refractivity contribution >= 4 is 21.6 Å².